The van der Waals surface area contributed by atoms with Gasteiger partial charge < -0.3 is 4.90 Å². The van der Waals surface area contributed by atoms with Gasteiger partial charge in [0.25, 0.3) is 6.08 Å². The van der Waals surface area contributed by atoms with E-state index in [9.17, 15) is 26.7 Å². The quantitative estimate of drug-likeness (QED) is 0.705. The minimum atomic E-state index is -4.64. The molecule has 3 rings (SSSR count). The van der Waals surface area contributed by atoms with E-state index in [1.807, 2.05) is 0 Å². The second-order valence-corrected chi connectivity index (χ2v) is 6.25. The SMILES string of the molecule is O=C1CC(C=C(F)F)CN1CC1C(C(F)(F)F)N=C2C=CC(Cl)=NN21. The van der Waals surface area contributed by atoms with E-state index in [4.69, 9.17) is 11.6 Å². The maximum absolute atomic E-state index is 13.3. The first-order valence-corrected chi connectivity index (χ1v) is 7.69. The normalized spacial score (nSPS) is 28.9. The van der Waals surface area contributed by atoms with Gasteiger partial charge in [-0.05, 0) is 18.2 Å². The summed E-state index contributed by atoms with van der Waals surface area (Å²) < 4.78 is 64.6. The highest BCUT2D eigenvalue weighted by molar-refractivity contribution is 6.68. The molecule has 5 nitrogen and oxygen atoms in total. The second-order valence-electron chi connectivity index (χ2n) is 5.86. The van der Waals surface area contributed by atoms with Crippen LogP contribution in [0.2, 0.25) is 0 Å². The monoisotopic (exact) mass is 382 g/mol. The van der Waals surface area contributed by atoms with Crippen molar-refractivity contribution in [1.82, 2.24) is 9.91 Å². The zero-order chi connectivity index (χ0) is 18.4. The average Bonchev–Trinajstić information content (AvgIpc) is 3.00. The average molecular weight is 383 g/mol. The predicted molar refractivity (Wildman–Crippen MR) is 80.3 cm³/mol. The maximum Gasteiger partial charge on any atom is 0.413 e. The number of fused-ring (bicyclic) bond motifs is 1. The van der Waals surface area contributed by atoms with Gasteiger partial charge in [-0.25, -0.2) is 5.01 Å². The Bertz CT molecular complexity index is 698. The number of carbonyl (C=O) groups is 1. The molecule has 3 heterocycles. The van der Waals surface area contributed by atoms with Crippen LogP contribution in [0, 0.1) is 5.92 Å². The lowest BCUT2D eigenvalue weighted by Crippen LogP contribution is -2.50. The number of allylic oxidation sites excluding steroid dienone is 1. The van der Waals surface area contributed by atoms with Gasteiger partial charge in [0, 0.05) is 25.4 Å². The van der Waals surface area contributed by atoms with Crippen molar-refractivity contribution in [3.05, 3.63) is 24.3 Å². The number of alkyl halides is 3. The van der Waals surface area contributed by atoms with Crippen molar-refractivity contribution in [2.45, 2.75) is 24.7 Å². The molecule has 1 amide bonds. The van der Waals surface area contributed by atoms with Gasteiger partial charge >= 0.3 is 6.18 Å². The van der Waals surface area contributed by atoms with E-state index in [-0.39, 0.29) is 30.5 Å². The summed E-state index contributed by atoms with van der Waals surface area (Å²) in [5.74, 6) is -1.22. The number of hydrogen-bond acceptors (Lipinski definition) is 4. The minimum Gasteiger partial charge on any atom is -0.340 e. The Balaban J connectivity index is 1.81. The topological polar surface area (TPSA) is 48.3 Å². The molecule has 1 fully saturated rings. The fraction of sp³-hybridized carbons (Fsp3) is 0.500. The highest BCUT2D eigenvalue weighted by Crippen LogP contribution is 2.35. The molecule has 25 heavy (non-hydrogen) atoms. The number of nitrogens with zero attached hydrogens (tertiary/aromatic N) is 4. The number of hydrogen-bond donors (Lipinski definition) is 0. The van der Waals surface area contributed by atoms with E-state index >= 15 is 0 Å². The Morgan fingerprint density at radius 3 is 2.72 bits per heavy atom. The minimum absolute atomic E-state index is 0.00498. The van der Waals surface area contributed by atoms with Gasteiger partial charge in [-0.2, -0.15) is 27.1 Å². The summed E-state index contributed by atoms with van der Waals surface area (Å²) in [6.45, 7) is -0.413. The van der Waals surface area contributed by atoms with Crippen molar-refractivity contribution in [1.29, 1.82) is 0 Å². The molecule has 0 aromatic heterocycles. The number of likely N-dealkylation sites (tertiary alicyclic amines) is 1. The molecule has 0 aliphatic carbocycles. The Morgan fingerprint density at radius 2 is 2.08 bits per heavy atom. The van der Waals surface area contributed by atoms with Crippen molar-refractivity contribution in [3.8, 4) is 0 Å². The number of aliphatic imine (C=N–C) groups is 1. The number of amides is 1. The molecule has 11 heteroatoms. The van der Waals surface area contributed by atoms with Crippen molar-refractivity contribution < 1.29 is 26.7 Å². The lowest BCUT2D eigenvalue weighted by molar-refractivity contribution is -0.157. The van der Waals surface area contributed by atoms with Crippen molar-refractivity contribution in [2.24, 2.45) is 16.0 Å². The van der Waals surface area contributed by atoms with E-state index < -0.39 is 36.2 Å². The number of halogens is 6. The lowest BCUT2D eigenvalue weighted by atomic mass is 10.1. The molecule has 0 spiro atoms. The summed E-state index contributed by atoms with van der Waals surface area (Å²) in [4.78, 5) is 16.7. The molecule has 0 N–H and O–H groups in total. The number of carbonyl (C=O) groups excluding carboxylic acids is 1. The molecule has 0 radical (unpaired) electrons. The van der Waals surface area contributed by atoms with E-state index in [0.29, 0.717) is 6.08 Å². The standard InChI is InChI=1S/C14H12ClF5N4O/c15-9-1-2-11-21-13(14(18,19)20)8(24(11)22-9)6-23-5-7(3-10(16)17)4-12(23)25/h1-3,7-8,13H,4-6H2. The molecule has 0 aromatic carbocycles. The highest BCUT2D eigenvalue weighted by Gasteiger charge is 2.53. The van der Waals surface area contributed by atoms with E-state index in [0.717, 1.165) is 9.91 Å². The Morgan fingerprint density at radius 1 is 1.36 bits per heavy atom. The van der Waals surface area contributed by atoms with Gasteiger partial charge in [0.05, 0.1) is 0 Å². The van der Waals surface area contributed by atoms with Gasteiger partial charge in [0.1, 0.15) is 17.0 Å². The van der Waals surface area contributed by atoms with Crippen LogP contribution in [0.3, 0.4) is 0 Å². The van der Waals surface area contributed by atoms with E-state index in [2.05, 4.69) is 10.1 Å². The lowest BCUT2D eigenvalue weighted by Gasteiger charge is -2.31. The first-order valence-electron chi connectivity index (χ1n) is 7.31. The summed E-state index contributed by atoms with van der Waals surface area (Å²) in [7, 11) is 0. The fourth-order valence-corrected chi connectivity index (χ4v) is 3.22. The van der Waals surface area contributed by atoms with Crippen molar-refractivity contribution in [2.75, 3.05) is 13.1 Å². The summed E-state index contributed by atoms with van der Waals surface area (Å²) in [6, 6.07) is -3.38. The zero-order valence-electron chi connectivity index (χ0n) is 12.6. The molecule has 0 saturated carbocycles. The number of rotatable bonds is 3. The molecule has 3 aliphatic rings. The van der Waals surface area contributed by atoms with E-state index in [1.54, 1.807) is 0 Å². The summed E-state index contributed by atoms with van der Waals surface area (Å²) in [5, 5.41) is 4.87. The third-order valence-electron chi connectivity index (χ3n) is 4.11. The summed E-state index contributed by atoms with van der Waals surface area (Å²) >= 11 is 5.75. The Kier molecular flexibility index (Phi) is 4.56. The summed E-state index contributed by atoms with van der Waals surface area (Å²) in [5.41, 5.74) is 0. The van der Waals surface area contributed by atoms with Crippen molar-refractivity contribution >= 4 is 28.5 Å². The second kappa shape index (κ2) is 6.40. The molecular weight excluding hydrogens is 371 g/mol. The number of amidine groups is 1. The maximum atomic E-state index is 13.3. The van der Waals surface area contributed by atoms with Gasteiger partial charge in [-0.3, -0.25) is 9.79 Å². The Labute approximate surface area is 144 Å². The molecular formula is C14H12ClF5N4O. The molecule has 0 aromatic rings. The molecule has 136 valence electrons. The van der Waals surface area contributed by atoms with Crippen LogP contribution in [0.25, 0.3) is 0 Å². The van der Waals surface area contributed by atoms with Crippen LogP contribution in [0.15, 0.2) is 34.4 Å². The smallest absolute Gasteiger partial charge is 0.340 e. The first kappa shape index (κ1) is 17.8. The van der Waals surface area contributed by atoms with E-state index in [1.165, 1.54) is 12.2 Å². The third-order valence-corrected chi connectivity index (χ3v) is 4.31. The van der Waals surface area contributed by atoms with Crippen LogP contribution in [-0.2, 0) is 4.79 Å². The number of hydrazone groups is 1. The van der Waals surface area contributed by atoms with Gasteiger partial charge in [-0.1, -0.05) is 11.6 Å². The van der Waals surface area contributed by atoms with Gasteiger partial charge in [0.15, 0.2) is 6.04 Å². The van der Waals surface area contributed by atoms with Crippen LogP contribution < -0.4 is 0 Å². The molecule has 3 atom stereocenters. The first-order chi connectivity index (χ1) is 11.6. The summed E-state index contributed by atoms with van der Waals surface area (Å²) in [6.07, 6.45) is -3.45. The molecule has 0 bridgehead atoms. The van der Waals surface area contributed by atoms with Crippen LogP contribution in [0.5, 0.6) is 0 Å². The van der Waals surface area contributed by atoms with Crippen molar-refractivity contribution in [3.63, 3.8) is 0 Å². The predicted octanol–water partition coefficient (Wildman–Crippen LogP) is 2.75. The molecule has 3 aliphatic heterocycles. The van der Waals surface area contributed by atoms with Crippen LogP contribution in [0.4, 0.5) is 22.0 Å². The van der Waals surface area contributed by atoms with Gasteiger partial charge in [0.2, 0.25) is 5.91 Å². The molecule has 1 saturated heterocycles. The Hall–Kier alpha value is -1.97. The van der Waals surface area contributed by atoms with Crippen LogP contribution >= 0.6 is 11.6 Å². The highest BCUT2D eigenvalue weighted by atomic mass is 35.5. The largest absolute Gasteiger partial charge is 0.413 e. The van der Waals surface area contributed by atoms with Crippen LogP contribution in [-0.4, -0.2) is 58.2 Å². The zero-order valence-corrected chi connectivity index (χ0v) is 13.3. The molecule has 3 unspecified atom stereocenters. The van der Waals surface area contributed by atoms with Gasteiger partial charge in [-0.15, -0.1) is 0 Å². The fourth-order valence-electron chi connectivity index (χ4n) is 3.08. The third kappa shape index (κ3) is 3.68. The van der Waals surface area contributed by atoms with Crippen LogP contribution in [0.1, 0.15) is 6.42 Å².